The minimum absolute atomic E-state index is 0.140. The second kappa shape index (κ2) is 9.74. The number of nitrogens with zero attached hydrogens (tertiary/aromatic N) is 5. The maximum atomic E-state index is 13.9. The molecule has 1 amide bonds. The fourth-order valence-electron chi connectivity index (χ4n) is 3.97. The second-order valence-electron chi connectivity index (χ2n) is 8.14. The topological polar surface area (TPSA) is 147 Å². The van der Waals surface area contributed by atoms with Crippen molar-refractivity contribution in [1.82, 2.24) is 29.8 Å². The molecule has 0 radical (unpaired) electrons. The maximum Gasteiger partial charge on any atom is 0.251 e. The first-order valence-electron chi connectivity index (χ1n) is 10.9. The first-order valence-corrected chi connectivity index (χ1v) is 11.3. The molecule has 4 aromatic rings. The summed E-state index contributed by atoms with van der Waals surface area (Å²) in [6, 6.07) is 8.50. The number of pyridine rings is 1. The number of carbonyl (C=O) groups is 1. The van der Waals surface area contributed by atoms with Gasteiger partial charge < -0.3 is 25.6 Å². The molecule has 13 heteroatoms. The molecule has 0 spiro atoms. The fraction of sp³-hybridized carbons (Fsp3) is 0.261. The van der Waals surface area contributed by atoms with Gasteiger partial charge in [-0.05, 0) is 23.8 Å². The van der Waals surface area contributed by atoms with Crippen molar-refractivity contribution in [3.8, 4) is 11.4 Å². The van der Waals surface area contributed by atoms with Crippen LogP contribution >= 0.6 is 11.6 Å². The predicted molar refractivity (Wildman–Crippen MR) is 127 cm³/mol. The van der Waals surface area contributed by atoms with Gasteiger partial charge in [0.15, 0.2) is 35.1 Å². The van der Waals surface area contributed by atoms with Crippen LogP contribution in [0.4, 0.5) is 10.2 Å². The number of nitrogens with one attached hydrogen (secondary N) is 2. The fourth-order valence-corrected chi connectivity index (χ4v) is 4.18. The largest absolute Gasteiger partial charge is 0.387 e. The van der Waals surface area contributed by atoms with Crippen molar-refractivity contribution in [2.45, 2.75) is 31.1 Å². The van der Waals surface area contributed by atoms with E-state index in [4.69, 9.17) is 16.3 Å². The molecule has 1 aromatic carbocycles. The second-order valence-corrected chi connectivity index (χ2v) is 8.57. The lowest BCUT2D eigenvalue weighted by atomic mass is 10.1. The lowest BCUT2D eigenvalue weighted by molar-refractivity contribution is -0.137. The molecule has 0 saturated carbocycles. The predicted octanol–water partition coefficient (Wildman–Crippen LogP) is 1.66. The van der Waals surface area contributed by atoms with Crippen LogP contribution < -0.4 is 10.6 Å². The zero-order valence-electron chi connectivity index (χ0n) is 18.8. The van der Waals surface area contributed by atoms with Gasteiger partial charge in [0, 0.05) is 30.4 Å². The molecule has 0 bridgehead atoms. The van der Waals surface area contributed by atoms with Crippen LogP contribution in [-0.2, 0) is 16.1 Å². The first-order chi connectivity index (χ1) is 17.4. The molecule has 1 fully saturated rings. The van der Waals surface area contributed by atoms with Crippen molar-refractivity contribution in [3.63, 3.8) is 0 Å². The molecular weight excluding hydrogens is 493 g/mol. The SMILES string of the molecule is CNC(=O)[C@@H]1OC(n2cnc3c(NCc4cccc(Cl)c4)nc(-c4cncc(F)c4)nc32)C(O)C1O. The maximum absolute atomic E-state index is 13.9. The van der Waals surface area contributed by atoms with E-state index in [1.54, 1.807) is 12.1 Å². The number of halogens is 2. The summed E-state index contributed by atoms with van der Waals surface area (Å²) in [5.74, 6) is -0.683. The Morgan fingerprint density at radius 2 is 2.06 bits per heavy atom. The van der Waals surface area contributed by atoms with E-state index in [-0.39, 0.29) is 11.5 Å². The molecule has 0 aliphatic carbocycles. The smallest absolute Gasteiger partial charge is 0.251 e. The number of rotatable bonds is 6. The summed E-state index contributed by atoms with van der Waals surface area (Å²) in [6.45, 7) is 0.348. The highest BCUT2D eigenvalue weighted by Gasteiger charge is 2.47. The Morgan fingerprint density at radius 1 is 1.22 bits per heavy atom. The van der Waals surface area contributed by atoms with Crippen LogP contribution in [-0.4, -0.2) is 66.0 Å². The highest BCUT2D eigenvalue weighted by molar-refractivity contribution is 6.30. The number of likely N-dealkylation sites (N-methyl/N-ethyl adjacent to an activating group) is 1. The lowest BCUT2D eigenvalue weighted by Gasteiger charge is -2.17. The Labute approximate surface area is 209 Å². The molecule has 4 N–H and O–H groups in total. The molecule has 1 aliphatic heterocycles. The number of aliphatic hydroxyl groups excluding tert-OH is 2. The van der Waals surface area contributed by atoms with E-state index in [2.05, 4.69) is 30.6 Å². The van der Waals surface area contributed by atoms with Crippen LogP contribution in [0, 0.1) is 5.82 Å². The van der Waals surface area contributed by atoms with Crippen molar-refractivity contribution in [1.29, 1.82) is 0 Å². The van der Waals surface area contributed by atoms with Crippen LogP contribution in [0.1, 0.15) is 11.8 Å². The number of amides is 1. The Hall–Kier alpha value is -3.71. The van der Waals surface area contributed by atoms with Gasteiger partial charge in [-0.1, -0.05) is 23.7 Å². The van der Waals surface area contributed by atoms with Crippen LogP contribution in [0.5, 0.6) is 0 Å². The van der Waals surface area contributed by atoms with Crippen molar-refractivity contribution in [2.24, 2.45) is 0 Å². The highest BCUT2D eigenvalue weighted by atomic mass is 35.5. The van der Waals surface area contributed by atoms with E-state index in [1.165, 1.54) is 30.2 Å². The van der Waals surface area contributed by atoms with Crippen molar-refractivity contribution in [3.05, 3.63) is 65.5 Å². The molecule has 3 aromatic heterocycles. The van der Waals surface area contributed by atoms with E-state index in [9.17, 15) is 19.4 Å². The molecule has 3 unspecified atom stereocenters. The normalized spacial score (nSPS) is 21.6. The van der Waals surface area contributed by atoms with Crippen LogP contribution in [0.15, 0.2) is 49.1 Å². The Morgan fingerprint density at radius 3 is 2.81 bits per heavy atom. The van der Waals surface area contributed by atoms with Crippen LogP contribution in [0.3, 0.4) is 0 Å². The third-order valence-corrected chi connectivity index (χ3v) is 5.99. The van der Waals surface area contributed by atoms with E-state index in [0.29, 0.717) is 28.5 Å². The highest BCUT2D eigenvalue weighted by Crippen LogP contribution is 2.33. The molecule has 4 atom stereocenters. The zero-order valence-corrected chi connectivity index (χ0v) is 19.6. The number of aromatic nitrogens is 5. The minimum Gasteiger partial charge on any atom is -0.387 e. The molecule has 1 saturated heterocycles. The Balaban J connectivity index is 1.58. The average Bonchev–Trinajstić information content (AvgIpc) is 3.43. The number of benzene rings is 1. The van der Waals surface area contributed by atoms with E-state index < -0.39 is 36.3 Å². The monoisotopic (exact) mass is 513 g/mol. The number of ether oxygens (including phenoxy) is 1. The van der Waals surface area contributed by atoms with Gasteiger partial charge >= 0.3 is 0 Å². The summed E-state index contributed by atoms with van der Waals surface area (Å²) in [4.78, 5) is 29.4. The summed E-state index contributed by atoms with van der Waals surface area (Å²) in [5.41, 5.74) is 1.76. The van der Waals surface area contributed by atoms with Crippen molar-refractivity contribution in [2.75, 3.05) is 12.4 Å². The molecule has 36 heavy (non-hydrogen) atoms. The van der Waals surface area contributed by atoms with Gasteiger partial charge in [-0.15, -0.1) is 0 Å². The number of hydrogen-bond donors (Lipinski definition) is 4. The first kappa shape index (κ1) is 24.0. The summed E-state index contributed by atoms with van der Waals surface area (Å²) in [6.07, 6.45) is -1.53. The molecule has 4 heterocycles. The summed E-state index contributed by atoms with van der Waals surface area (Å²) >= 11 is 6.09. The molecule has 186 valence electrons. The van der Waals surface area contributed by atoms with Gasteiger partial charge in [0.25, 0.3) is 5.91 Å². The third-order valence-electron chi connectivity index (χ3n) is 5.75. The van der Waals surface area contributed by atoms with Crippen LogP contribution in [0.25, 0.3) is 22.6 Å². The van der Waals surface area contributed by atoms with Gasteiger partial charge in [-0.3, -0.25) is 14.3 Å². The van der Waals surface area contributed by atoms with E-state index in [1.807, 2.05) is 12.1 Å². The molecule has 11 nitrogen and oxygen atoms in total. The third kappa shape index (κ3) is 4.46. The van der Waals surface area contributed by atoms with Crippen molar-refractivity contribution < 1.29 is 24.1 Å². The quantitative estimate of drug-likeness (QED) is 0.302. The van der Waals surface area contributed by atoms with Gasteiger partial charge in [-0.2, -0.15) is 0 Å². The van der Waals surface area contributed by atoms with E-state index in [0.717, 1.165) is 11.8 Å². The number of imidazole rings is 1. The standard InChI is InChI=1S/C23H21ClFN7O4/c1-26-22(35)18-16(33)17(34)23(36-18)32-10-29-15-20(28-7-11-3-2-4-13(24)5-11)30-19(31-21(15)32)12-6-14(25)9-27-8-12/h2-6,8-10,16-18,23,33-34H,7H2,1H3,(H,26,35)(H,28,30,31)/t16?,17?,18-,23?/m1/s1. The Bertz CT molecular complexity index is 1430. The summed E-state index contributed by atoms with van der Waals surface area (Å²) in [5, 5.41) is 27.2. The number of carbonyl (C=O) groups excluding carboxylic acids is 1. The van der Waals surface area contributed by atoms with Crippen LogP contribution in [0.2, 0.25) is 5.02 Å². The number of hydrogen-bond acceptors (Lipinski definition) is 9. The van der Waals surface area contributed by atoms with Crippen molar-refractivity contribution >= 4 is 34.5 Å². The molecule has 1 aliphatic rings. The van der Waals surface area contributed by atoms with Gasteiger partial charge in [0.05, 0.1) is 12.5 Å². The number of fused-ring (bicyclic) bond motifs is 1. The van der Waals surface area contributed by atoms with Gasteiger partial charge in [-0.25, -0.2) is 19.3 Å². The Kier molecular flexibility index (Phi) is 6.49. The zero-order chi connectivity index (χ0) is 25.4. The molecular formula is C23H21ClFN7O4. The summed E-state index contributed by atoms with van der Waals surface area (Å²) in [7, 11) is 1.40. The number of aliphatic hydroxyl groups is 2. The van der Waals surface area contributed by atoms with Gasteiger partial charge in [0.2, 0.25) is 0 Å². The lowest BCUT2D eigenvalue weighted by Crippen LogP contribution is -2.41. The molecule has 5 rings (SSSR count). The minimum atomic E-state index is -1.47. The number of anilines is 1. The summed E-state index contributed by atoms with van der Waals surface area (Å²) < 4.78 is 21.0. The van der Waals surface area contributed by atoms with Gasteiger partial charge in [0.1, 0.15) is 18.0 Å². The van der Waals surface area contributed by atoms with E-state index >= 15 is 0 Å². The average molecular weight is 514 g/mol.